The van der Waals surface area contributed by atoms with Crippen LogP contribution >= 0.6 is 0 Å². The minimum Gasteiger partial charge on any atom is -0.393 e. The molecule has 1 saturated carbocycles. The summed E-state index contributed by atoms with van der Waals surface area (Å²) in [7, 11) is 0. The first kappa shape index (κ1) is 26.0. The van der Waals surface area contributed by atoms with Gasteiger partial charge in [0.15, 0.2) is 0 Å². The van der Waals surface area contributed by atoms with Gasteiger partial charge in [-0.3, -0.25) is 9.59 Å². The molecule has 7 heteroatoms. The van der Waals surface area contributed by atoms with Crippen LogP contribution in [-0.2, 0) is 11.2 Å². The molecule has 1 aliphatic rings. The van der Waals surface area contributed by atoms with Crippen LogP contribution in [-0.4, -0.2) is 44.6 Å². The molecule has 1 amide bonds. The summed E-state index contributed by atoms with van der Waals surface area (Å²) in [5, 5.41) is 33.1. The van der Waals surface area contributed by atoms with Crippen LogP contribution in [0.4, 0.5) is 0 Å². The maximum Gasteiger partial charge on any atom is 0.272 e. The van der Waals surface area contributed by atoms with Crippen molar-refractivity contribution in [3.8, 4) is 0 Å². The third-order valence-corrected chi connectivity index (χ3v) is 7.70. The number of aliphatic hydroxyl groups excluding tert-OH is 1. The Hall–Kier alpha value is -3.03. The first-order valence-corrected chi connectivity index (χ1v) is 12.9. The normalized spacial score (nSPS) is 27.4. The Kier molecular flexibility index (Phi) is 8.21. The average Bonchev–Trinajstić information content (AvgIpc) is 2.85. The van der Waals surface area contributed by atoms with E-state index in [-0.39, 0.29) is 29.7 Å². The number of aliphatic hydroxyl groups is 2. The van der Waals surface area contributed by atoms with Crippen LogP contribution in [0.5, 0.6) is 0 Å². The summed E-state index contributed by atoms with van der Waals surface area (Å²) in [6, 6.07) is 17.2. The Morgan fingerprint density at radius 1 is 1.08 bits per heavy atom. The van der Waals surface area contributed by atoms with Gasteiger partial charge in [0.1, 0.15) is 0 Å². The van der Waals surface area contributed by atoms with E-state index in [0.29, 0.717) is 41.8 Å². The fraction of sp³-hybridized carbons (Fsp3) is 0.483. The molecule has 0 spiro atoms. The summed E-state index contributed by atoms with van der Waals surface area (Å²) in [5.41, 5.74) is 0.337. The van der Waals surface area contributed by atoms with E-state index >= 15 is 0 Å². The molecule has 0 aliphatic heterocycles. The summed E-state index contributed by atoms with van der Waals surface area (Å²) in [6.45, 7) is 4.35. The molecule has 1 fully saturated rings. The molecular formula is C29H37N3O4. The number of amides is 1. The maximum absolute atomic E-state index is 12.9. The van der Waals surface area contributed by atoms with E-state index in [1.54, 1.807) is 18.2 Å². The molecule has 0 radical (unpaired) electrons. The van der Waals surface area contributed by atoms with E-state index in [1.807, 2.05) is 31.2 Å². The van der Waals surface area contributed by atoms with Crippen molar-refractivity contribution in [2.24, 2.45) is 11.8 Å². The number of nitrogens with zero attached hydrogens (tertiary/aromatic N) is 1. The first-order valence-electron chi connectivity index (χ1n) is 12.9. The Morgan fingerprint density at radius 3 is 2.53 bits per heavy atom. The number of rotatable bonds is 5. The largest absolute Gasteiger partial charge is 0.393 e. The minimum atomic E-state index is -1.02. The Bertz CT molecular complexity index is 1220. The lowest BCUT2D eigenvalue weighted by atomic mass is 9.73. The van der Waals surface area contributed by atoms with Gasteiger partial charge in [-0.1, -0.05) is 61.9 Å². The number of hydrogen-bond acceptors (Lipinski definition) is 5. The zero-order valence-corrected chi connectivity index (χ0v) is 21.1. The topological polar surface area (TPSA) is 115 Å². The molecule has 0 bridgehead atoms. The second kappa shape index (κ2) is 11.4. The van der Waals surface area contributed by atoms with Crippen molar-refractivity contribution in [1.29, 1.82) is 0 Å². The van der Waals surface area contributed by atoms with Crippen molar-refractivity contribution in [1.82, 2.24) is 15.5 Å². The van der Waals surface area contributed by atoms with E-state index in [2.05, 4.69) is 34.6 Å². The van der Waals surface area contributed by atoms with Gasteiger partial charge in [-0.05, 0) is 56.1 Å². The van der Waals surface area contributed by atoms with Crippen molar-refractivity contribution in [3.63, 3.8) is 0 Å². The average molecular weight is 492 g/mol. The molecular weight excluding hydrogens is 454 g/mol. The lowest BCUT2D eigenvalue weighted by Crippen LogP contribution is -2.44. The predicted octanol–water partition coefficient (Wildman–Crippen LogP) is 3.69. The highest BCUT2D eigenvalue weighted by Crippen LogP contribution is 2.38. The highest BCUT2D eigenvalue weighted by molar-refractivity contribution is 5.88. The van der Waals surface area contributed by atoms with Crippen molar-refractivity contribution in [3.05, 3.63) is 76.2 Å². The van der Waals surface area contributed by atoms with Gasteiger partial charge in [-0.15, -0.1) is 0 Å². The van der Waals surface area contributed by atoms with Crippen molar-refractivity contribution < 1.29 is 15.0 Å². The third-order valence-electron chi connectivity index (χ3n) is 7.70. The first-order chi connectivity index (χ1) is 17.2. The van der Waals surface area contributed by atoms with E-state index in [0.717, 1.165) is 24.8 Å². The SMILES string of the molecule is C[C@@H]1CC[C@@H](CNC(=O)Cc2n[nH]c(=O)c3ccccc23)[C@](C)(O)C[C@H](c2ccccc2)C[C@@H](O)C1. The maximum atomic E-state index is 12.9. The molecule has 36 heavy (non-hydrogen) atoms. The third kappa shape index (κ3) is 6.39. The molecule has 192 valence electrons. The summed E-state index contributed by atoms with van der Waals surface area (Å²) in [5.74, 6) is 0.0120. The monoisotopic (exact) mass is 491 g/mol. The standard InChI is InChI=1S/C29H37N3O4/c1-19-12-13-22(29(2,36)17-21(15-23(33)14-19)20-8-4-3-5-9-20)18-30-27(34)16-26-24-10-6-7-11-25(24)28(35)32-31-26/h3-11,19,21-23,33,36H,12-18H2,1-2H3,(H,30,34)(H,32,35)/t19-,21-,22+,23+,29-/m1/s1. The minimum absolute atomic E-state index is 0.0245. The fourth-order valence-corrected chi connectivity index (χ4v) is 5.61. The van der Waals surface area contributed by atoms with Crippen molar-refractivity contribution in [2.45, 2.75) is 70.0 Å². The highest BCUT2D eigenvalue weighted by Gasteiger charge is 2.37. The number of benzene rings is 2. The van der Waals surface area contributed by atoms with Gasteiger partial charge in [0.2, 0.25) is 5.91 Å². The Labute approximate surface area is 212 Å². The predicted molar refractivity (Wildman–Crippen MR) is 141 cm³/mol. The van der Waals surface area contributed by atoms with Gasteiger partial charge in [-0.25, -0.2) is 5.10 Å². The lowest BCUT2D eigenvalue weighted by Gasteiger charge is -2.38. The number of carbonyl (C=O) groups excluding carboxylic acids is 1. The van der Waals surface area contributed by atoms with Gasteiger partial charge >= 0.3 is 0 Å². The van der Waals surface area contributed by atoms with Crippen LogP contribution < -0.4 is 10.9 Å². The number of aromatic nitrogens is 2. The highest BCUT2D eigenvalue weighted by atomic mass is 16.3. The Balaban J connectivity index is 1.48. The molecule has 1 aliphatic carbocycles. The van der Waals surface area contributed by atoms with Crippen LogP contribution in [0.25, 0.3) is 10.8 Å². The second-order valence-electron chi connectivity index (χ2n) is 10.7. The number of fused-ring (bicyclic) bond motifs is 1. The number of aromatic amines is 1. The summed E-state index contributed by atoms with van der Waals surface area (Å²) >= 11 is 0. The van der Waals surface area contributed by atoms with E-state index in [9.17, 15) is 19.8 Å². The van der Waals surface area contributed by atoms with Crippen molar-refractivity contribution >= 4 is 16.7 Å². The van der Waals surface area contributed by atoms with Crippen molar-refractivity contribution in [2.75, 3.05) is 6.54 Å². The molecule has 0 saturated heterocycles. The van der Waals surface area contributed by atoms with Gasteiger partial charge in [0, 0.05) is 17.8 Å². The molecule has 3 aromatic rings. The lowest BCUT2D eigenvalue weighted by molar-refractivity contribution is -0.121. The van der Waals surface area contributed by atoms with Crippen LogP contribution in [0, 0.1) is 11.8 Å². The number of nitrogens with one attached hydrogen (secondary N) is 2. The number of hydrogen-bond donors (Lipinski definition) is 4. The van der Waals surface area contributed by atoms with Gasteiger partial charge in [0.25, 0.3) is 5.56 Å². The molecule has 7 nitrogen and oxygen atoms in total. The Morgan fingerprint density at radius 2 is 1.78 bits per heavy atom. The fourth-order valence-electron chi connectivity index (χ4n) is 5.61. The van der Waals surface area contributed by atoms with Crippen LogP contribution in [0.3, 0.4) is 0 Å². The zero-order chi connectivity index (χ0) is 25.7. The molecule has 0 unspecified atom stereocenters. The van der Waals surface area contributed by atoms with Gasteiger partial charge < -0.3 is 15.5 Å². The van der Waals surface area contributed by atoms with E-state index < -0.39 is 11.7 Å². The quantitative estimate of drug-likeness (QED) is 0.435. The van der Waals surface area contributed by atoms with Crippen LogP contribution in [0.15, 0.2) is 59.4 Å². The van der Waals surface area contributed by atoms with Gasteiger partial charge in [0.05, 0.1) is 29.2 Å². The molecule has 1 aromatic heterocycles. The number of H-pyrrole nitrogens is 1. The molecule has 1 heterocycles. The molecule has 2 aromatic carbocycles. The molecule has 4 N–H and O–H groups in total. The van der Waals surface area contributed by atoms with Gasteiger partial charge in [-0.2, -0.15) is 5.10 Å². The summed E-state index contributed by atoms with van der Waals surface area (Å²) < 4.78 is 0. The van der Waals surface area contributed by atoms with Crippen LogP contribution in [0.2, 0.25) is 0 Å². The van der Waals surface area contributed by atoms with Crippen LogP contribution in [0.1, 0.15) is 63.1 Å². The second-order valence-corrected chi connectivity index (χ2v) is 10.7. The molecule has 4 rings (SSSR count). The summed E-state index contributed by atoms with van der Waals surface area (Å²) in [6.07, 6.45) is 3.11. The zero-order valence-electron chi connectivity index (χ0n) is 21.1. The van der Waals surface area contributed by atoms with E-state index in [4.69, 9.17) is 0 Å². The molecule has 5 atom stereocenters. The number of carbonyl (C=O) groups is 1. The summed E-state index contributed by atoms with van der Waals surface area (Å²) in [4.78, 5) is 25.0. The van der Waals surface area contributed by atoms with E-state index in [1.165, 1.54) is 0 Å². The smallest absolute Gasteiger partial charge is 0.272 e.